The fourth-order valence-electron chi connectivity index (χ4n) is 2.79. The highest BCUT2D eigenvalue weighted by molar-refractivity contribution is 6.07. The van der Waals surface area contributed by atoms with Crippen LogP contribution in [0.2, 0.25) is 0 Å². The molecule has 0 aliphatic heterocycles. The van der Waals surface area contributed by atoms with E-state index in [-0.39, 0.29) is 29.6 Å². The van der Waals surface area contributed by atoms with Gasteiger partial charge in [0, 0.05) is 23.4 Å². The van der Waals surface area contributed by atoms with Crippen molar-refractivity contribution in [2.75, 3.05) is 6.54 Å². The lowest BCUT2D eigenvalue weighted by molar-refractivity contribution is -0.142. The van der Waals surface area contributed by atoms with Crippen LogP contribution in [0.25, 0.3) is 0 Å². The van der Waals surface area contributed by atoms with Gasteiger partial charge in [-0.25, -0.2) is 0 Å². The number of Topliss-reactive ketones (excluding diaryl/α,β-unsaturated/α-hetero) is 2. The van der Waals surface area contributed by atoms with Crippen LogP contribution in [0.4, 0.5) is 0 Å². The number of ketones is 2. The number of hydrogen-bond acceptors (Lipinski definition) is 6. The minimum atomic E-state index is -0.964. The molecule has 0 bridgehead atoms. The zero-order valence-corrected chi connectivity index (χ0v) is 17.3. The van der Waals surface area contributed by atoms with Crippen molar-refractivity contribution >= 4 is 11.6 Å². The van der Waals surface area contributed by atoms with Gasteiger partial charge in [-0.2, -0.15) is 0 Å². The zero-order valence-electron chi connectivity index (χ0n) is 17.3. The SMILES string of the molecule is CC(NCC(O)c1ccc(O)c(O)c1)C(C(=O)C(C)(C)C)C(=O)C(C)(C)C. The number of hydrogen-bond donors (Lipinski definition) is 4. The van der Waals surface area contributed by atoms with Crippen molar-refractivity contribution in [2.45, 2.75) is 60.6 Å². The molecule has 1 rings (SSSR count). The van der Waals surface area contributed by atoms with Gasteiger partial charge in [0.25, 0.3) is 0 Å². The van der Waals surface area contributed by atoms with Crippen LogP contribution < -0.4 is 5.32 Å². The van der Waals surface area contributed by atoms with E-state index < -0.39 is 28.9 Å². The summed E-state index contributed by atoms with van der Waals surface area (Å²) in [6.07, 6.45) is -0.964. The van der Waals surface area contributed by atoms with E-state index in [0.717, 1.165) is 0 Å². The Morgan fingerprint density at radius 1 is 0.963 bits per heavy atom. The smallest absolute Gasteiger partial charge is 0.157 e. The van der Waals surface area contributed by atoms with Gasteiger partial charge in [-0.15, -0.1) is 0 Å². The molecule has 0 saturated heterocycles. The lowest BCUT2D eigenvalue weighted by Gasteiger charge is -2.33. The number of phenols is 2. The Labute approximate surface area is 161 Å². The third kappa shape index (κ3) is 6.04. The standard InChI is InChI=1S/C21H33NO5/c1-12(17(18(26)20(2,3)4)19(27)21(5,6)7)22-11-16(25)13-8-9-14(23)15(24)10-13/h8-10,12,16-17,22-25H,11H2,1-7H3. The van der Waals surface area contributed by atoms with Gasteiger partial charge in [0.1, 0.15) is 11.6 Å². The Morgan fingerprint density at radius 2 is 1.44 bits per heavy atom. The van der Waals surface area contributed by atoms with Gasteiger partial charge in [0.05, 0.1) is 12.0 Å². The average Bonchev–Trinajstić information content (AvgIpc) is 2.53. The van der Waals surface area contributed by atoms with Crippen LogP contribution in [0.3, 0.4) is 0 Å². The Hall–Kier alpha value is -1.92. The van der Waals surface area contributed by atoms with E-state index in [1.165, 1.54) is 18.2 Å². The molecular weight excluding hydrogens is 346 g/mol. The van der Waals surface area contributed by atoms with Crippen LogP contribution in [0.5, 0.6) is 11.5 Å². The molecule has 4 N–H and O–H groups in total. The molecule has 0 saturated carbocycles. The van der Waals surface area contributed by atoms with Crippen molar-refractivity contribution in [2.24, 2.45) is 16.7 Å². The molecule has 0 fully saturated rings. The van der Waals surface area contributed by atoms with Gasteiger partial charge < -0.3 is 20.6 Å². The molecule has 1 aromatic carbocycles. The fraction of sp³-hybridized carbons (Fsp3) is 0.619. The molecular formula is C21H33NO5. The minimum absolute atomic E-state index is 0.0940. The number of aliphatic hydroxyl groups excluding tert-OH is 1. The second-order valence-corrected chi connectivity index (χ2v) is 9.17. The van der Waals surface area contributed by atoms with Gasteiger partial charge in [0.15, 0.2) is 11.5 Å². The molecule has 0 radical (unpaired) electrons. The third-order valence-electron chi connectivity index (χ3n) is 4.56. The molecule has 0 aliphatic rings. The fourth-order valence-corrected chi connectivity index (χ4v) is 2.79. The summed E-state index contributed by atoms with van der Waals surface area (Å²) in [5.41, 5.74) is -0.906. The minimum Gasteiger partial charge on any atom is -0.504 e. The van der Waals surface area contributed by atoms with Crippen LogP contribution in [-0.2, 0) is 9.59 Å². The monoisotopic (exact) mass is 379 g/mol. The summed E-state index contributed by atoms with van der Waals surface area (Å²) in [7, 11) is 0. The van der Waals surface area contributed by atoms with E-state index in [1.54, 1.807) is 48.5 Å². The highest BCUT2D eigenvalue weighted by atomic mass is 16.3. The number of nitrogens with one attached hydrogen (secondary N) is 1. The van der Waals surface area contributed by atoms with Gasteiger partial charge in [-0.3, -0.25) is 9.59 Å². The van der Waals surface area contributed by atoms with E-state index in [2.05, 4.69) is 5.32 Å². The van der Waals surface area contributed by atoms with Crippen LogP contribution in [0.1, 0.15) is 60.1 Å². The van der Waals surface area contributed by atoms with Gasteiger partial charge >= 0.3 is 0 Å². The Morgan fingerprint density at radius 3 is 1.85 bits per heavy atom. The third-order valence-corrected chi connectivity index (χ3v) is 4.56. The molecule has 0 heterocycles. The number of rotatable bonds is 7. The number of benzene rings is 1. The summed E-state index contributed by atoms with van der Waals surface area (Å²) in [5.74, 6) is -1.69. The van der Waals surface area contributed by atoms with Crippen LogP contribution in [0, 0.1) is 16.7 Å². The van der Waals surface area contributed by atoms with Crippen LogP contribution in [0.15, 0.2) is 18.2 Å². The molecule has 0 aromatic heterocycles. The molecule has 152 valence electrons. The van der Waals surface area contributed by atoms with Crippen molar-refractivity contribution in [3.05, 3.63) is 23.8 Å². The van der Waals surface area contributed by atoms with E-state index in [0.29, 0.717) is 5.56 Å². The first-order valence-corrected chi connectivity index (χ1v) is 9.18. The lowest BCUT2D eigenvalue weighted by atomic mass is 9.72. The Bertz CT molecular complexity index is 659. The van der Waals surface area contributed by atoms with Crippen molar-refractivity contribution in [1.29, 1.82) is 0 Å². The highest BCUT2D eigenvalue weighted by Crippen LogP contribution is 2.30. The second-order valence-electron chi connectivity index (χ2n) is 9.17. The van der Waals surface area contributed by atoms with Gasteiger partial charge in [-0.05, 0) is 24.6 Å². The molecule has 0 amide bonds. The highest BCUT2D eigenvalue weighted by Gasteiger charge is 2.42. The summed E-state index contributed by atoms with van der Waals surface area (Å²) < 4.78 is 0. The number of aliphatic hydroxyl groups is 1. The lowest BCUT2D eigenvalue weighted by Crippen LogP contribution is -2.50. The van der Waals surface area contributed by atoms with E-state index in [4.69, 9.17) is 0 Å². The summed E-state index contributed by atoms with van der Waals surface area (Å²) in [6.45, 7) is 12.6. The summed E-state index contributed by atoms with van der Waals surface area (Å²) in [4.78, 5) is 25.8. The first-order chi connectivity index (χ1) is 12.2. The van der Waals surface area contributed by atoms with E-state index in [1.807, 2.05) is 0 Å². The number of carbonyl (C=O) groups excluding carboxylic acids is 2. The van der Waals surface area contributed by atoms with Crippen molar-refractivity contribution in [1.82, 2.24) is 5.32 Å². The normalized spacial score (nSPS) is 14.9. The molecule has 1 aromatic rings. The first-order valence-electron chi connectivity index (χ1n) is 9.18. The molecule has 27 heavy (non-hydrogen) atoms. The molecule has 2 unspecified atom stereocenters. The van der Waals surface area contributed by atoms with Gasteiger partial charge in [-0.1, -0.05) is 47.6 Å². The predicted octanol–water partition coefficient (Wildman–Crippen LogP) is 2.96. The van der Waals surface area contributed by atoms with Gasteiger partial charge in [0.2, 0.25) is 0 Å². The molecule has 6 heteroatoms. The maximum atomic E-state index is 12.9. The molecule has 6 nitrogen and oxygen atoms in total. The molecule has 2 atom stereocenters. The van der Waals surface area contributed by atoms with Crippen molar-refractivity contribution in [3.63, 3.8) is 0 Å². The summed E-state index contributed by atoms with van der Waals surface area (Å²) in [6, 6.07) is 3.62. The van der Waals surface area contributed by atoms with Crippen LogP contribution in [-0.4, -0.2) is 39.5 Å². The number of aromatic hydroxyl groups is 2. The number of phenolic OH excluding ortho intramolecular Hbond substituents is 2. The van der Waals surface area contributed by atoms with Crippen LogP contribution >= 0.6 is 0 Å². The second kappa shape index (κ2) is 8.40. The van der Waals surface area contributed by atoms with E-state index in [9.17, 15) is 24.9 Å². The molecule has 0 aliphatic carbocycles. The van der Waals surface area contributed by atoms with Crippen molar-refractivity contribution < 1.29 is 24.9 Å². The Kier molecular flexibility index (Phi) is 7.19. The quantitative estimate of drug-likeness (QED) is 0.429. The van der Waals surface area contributed by atoms with E-state index >= 15 is 0 Å². The maximum absolute atomic E-state index is 12.9. The van der Waals surface area contributed by atoms with Crippen molar-refractivity contribution in [3.8, 4) is 11.5 Å². The number of carbonyl (C=O) groups is 2. The first kappa shape index (κ1) is 23.1. The average molecular weight is 379 g/mol. The summed E-state index contributed by atoms with van der Waals surface area (Å²) in [5, 5.41) is 32.4. The summed E-state index contributed by atoms with van der Waals surface area (Å²) >= 11 is 0. The Balaban J connectivity index is 2.95. The zero-order chi connectivity index (χ0) is 21.2. The topological polar surface area (TPSA) is 107 Å². The predicted molar refractivity (Wildman–Crippen MR) is 105 cm³/mol. The maximum Gasteiger partial charge on any atom is 0.157 e. The molecule has 0 spiro atoms. The largest absolute Gasteiger partial charge is 0.504 e.